The maximum atomic E-state index is 11.9. The third-order valence-electron chi connectivity index (χ3n) is 5.75. The first-order valence-corrected chi connectivity index (χ1v) is 10.3. The van der Waals surface area contributed by atoms with Gasteiger partial charge in [0.1, 0.15) is 11.4 Å². The number of benzene rings is 2. The van der Waals surface area contributed by atoms with Crippen LogP contribution in [0.1, 0.15) is 37.0 Å². The number of hydrogen-bond acceptors (Lipinski definition) is 4. The Balaban J connectivity index is 1.79. The summed E-state index contributed by atoms with van der Waals surface area (Å²) in [5.41, 5.74) is 7.00. The van der Waals surface area contributed by atoms with E-state index >= 15 is 0 Å². The lowest BCUT2D eigenvalue weighted by atomic mass is 9.91. The molecule has 2 aliphatic rings. The molecular weight excluding hydrogens is 378 g/mol. The standard InChI is InChI=1S/C24H27N3O3/c1-14(2)27-9-5-6-17-13-18(15(3)10-21(17)27)19-11-16(7-8-22(19)30-4)12-20-23(28)26-24(29)25-20/h7-8,10-14H,5-6,9H2,1-4H3,(H2,25,26,28,29)/b20-12-. The van der Waals surface area contributed by atoms with E-state index in [1.54, 1.807) is 13.2 Å². The molecule has 3 amide bonds. The molecule has 1 saturated heterocycles. The predicted molar refractivity (Wildman–Crippen MR) is 119 cm³/mol. The van der Waals surface area contributed by atoms with Gasteiger partial charge >= 0.3 is 6.03 Å². The summed E-state index contributed by atoms with van der Waals surface area (Å²) in [5.74, 6) is 0.354. The summed E-state index contributed by atoms with van der Waals surface area (Å²) in [4.78, 5) is 25.7. The van der Waals surface area contributed by atoms with Crippen LogP contribution < -0.4 is 20.3 Å². The first-order chi connectivity index (χ1) is 14.4. The number of carbonyl (C=O) groups excluding carboxylic acids is 2. The van der Waals surface area contributed by atoms with Crippen LogP contribution in [0.5, 0.6) is 5.75 Å². The molecule has 30 heavy (non-hydrogen) atoms. The maximum absolute atomic E-state index is 11.9. The van der Waals surface area contributed by atoms with Crippen molar-refractivity contribution in [2.75, 3.05) is 18.6 Å². The van der Waals surface area contributed by atoms with E-state index in [1.807, 2.05) is 18.2 Å². The van der Waals surface area contributed by atoms with Crippen molar-refractivity contribution in [1.29, 1.82) is 0 Å². The molecule has 1 fully saturated rings. The second-order valence-electron chi connectivity index (χ2n) is 8.11. The molecule has 4 rings (SSSR count). The summed E-state index contributed by atoms with van der Waals surface area (Å²) in [6.45, 7) is 7.67. The zero-order valence-corrected chi connectivity index (χ0v) is 17.8. The molecule has 2 heterocycles. The number of amides is 3. The fraction of sp³-hybridized carbons (Fsp3) is 0.333. The lowest BCUT2D eigenvalue weighted by molar-refractivity contribution is -0.115. The highest BCUT2D eigenvalue weighted by Crippen LogP contribution is 2.39. The average molecular weight is 405 g/mol. The van der Waals surface area contributed by atoms with E-state index < -0.39 is 11.9 Å². The van der Waals surface area contributed by atoms with Crippen molar-refractivity contribution >= 4 is 23.7 Å². The van der Waals surface area contributed by atoms with Gasteiger partial charge in [0, 0.05) is 23.8 Å². The maximum Gasteiger partial charge on any atom is 0.326 e. The Hall–Kier alpha value is -3.28. The minimum absolute atomic E-state index is 0.242. The molecule has 156 valence electrons. The molecular formula is C24H27N3O3. The molecule has 0 spiro atoms. The van der Waals surface area contributed by atoms with E-state index in [2.05, 4.69) is 48.4 Å². The zero-order valence-electron chi connectivity index (χ0n) is 17.8. The van der Waals surface area contributed by atoms with Crippen LogP contribution in [0.15, 0.2) is 36.0 Å². The molecule has 0 atom stereocenters. The highest BCUT2D eigenvalue weighted by molar-refractivity contribution is 6.14. The summed E-state index contributed by atoms with van der Waals surface area (Å²) in [6, 6.07) is 10.3. The van der Waals surface area contributed by atoms with Gasteiger partial charge in [-0.25, -0.2) is 4.79 Å². The Labute approximate surface area is 176 Å². The van der Waals surface area contributed by atoms with Gasteiger partial charge in [0.2, 0.25) is 0 Å². The number of imide groups is 1. The van der Waals surface area contributed by atoms with Crippen LogP contribution in [0, 0.1) is 6.92 Å². The molecule has 0 bridgehead atoms. The third-order valence-corrected chi connectivity index (χ3v) is 5.75. The van der Waals surface area contributed by atoms with Gasteiger partial charge in [0.05, 0.1) is 7.11 Å². The van der Waals surface area contributed by atoms with Crippen LogP contribution in [0.25, 0.3) is 17.2 Å². The Kier molecular flexibility index (Phi) is 5.24. The molecule has 0 unspecified atom stereocenters. The monoisotopic (exact) mass is 405 g/mol. The molecule has 2 aromatic rings. The number of urea groups is 1. The number of anilines is 1. The number of ether oxygens (including phenoxy) is 1. The smallest absolute Gasteiger partial charge is 0.326 e. The van der Waals surface area contributed by atoms with E-state index in [9.17, 15) is 9.59 Å². The van der Waals surface area contributed by atoms with Crippen molar-refractivity contribution in [2.45, 2.75) is 39.7 Å². The highest BCUT2D eigenvalue weighted by Gasteiger charge is 2.24. The van der Waals surface area contributed by atoms with Crippen molar-refractivity contribution < 1.29 is 14.3 Å². The Morgan fingerprint density at radius 2 is 1.90 bits per heavy atom. The molecule has 6 nitrogen and oxygen atoms in total. The van der Waals surface area contributed by atoms with Gasteiger partial charge in [-0.3, -0.25) is 10.1 Å². The van der Waals surface area contributed by atoms with Gasteiger partial charge in [-0.15, -0.1) is 0 Å². The van der Waals surface area contributed by atoms with Gasteiger partial charge < -0.3 is 15.0 Å². The summed E-state index contributed by atoms with van der Waals surface area (Å²) >= 11 is 0. The minimum atomic E-state index is -0.500. The lowest BCUT2D eigenvalue weighted by Crippen LogP contribution is -2.35. The fourth-order valence-electron chi connectivity index (χ4n) is 4.27. The number of carbonyl (C=O) groups is 2. The van der Waals surface area contributed by atoms with Crippen molar-refractivity contribution in [1.82, 2.24) is 10.6 Å². The van der Waals surface area contributed by atoms with Crippen LogP contribution in [0.3, 0.4) is 0 Å². The Bertz CT molecular complexity index is 1060. The average Bonchev–Trinajstić information content (AvgIpc) is 3.03. The molecule has 2 aromatic carbocycles. The summed E-state index contributed by atoms with van der Waals surface area (Å²) < 4.78 is 5.64. The van der Waals surface area contributed by atoms with Crippen LogP contribution in [0.2, 0.25) is 0 Å². The van der Waals surface area contributed by atoms with E-state index in [4.69, 9.17) is 4.74 Å². The number of rotatable bonds is 4. The number of aryl methyl sites for hydroxylation is 2. The number of hydrogen-bond donors (Lipinski definition) is 2. The predicted octanol–water partition coefficient (Wildman–Crippen LogP) is 4.01. The zero-order chi connectivity index (χ0) is 21.4. The van der Waals surface area contributed by atoms with Gasteiger partial charge in [-0.05, 0) is 86.2 Å². The normalized spacial score (nSPS) is 17.2. The number of fused-ring (bicyclic) bond motifs is 1. The highest BCUT2D eigenvalue weighted by atomic mass is 16.5. The SMILES string of the molecule is COc1ccc(/C=C2\NC(=O)NC2=O)cc1-c1cc2c(cc1C)N(C(C)C)CCC2. The van der Waals surface area contributed by atoms with Crippen LogP contribution >= 0.6 is 0 Å². The molecule has 0 aromatic heterocycles. The third kappa shape index (κ3) is 3.65. The first-order valence-electron chi connectivity index (χ1n) is 10.3. The topological polar surface area (TPSA) is 70.7 Å². The second kappa shape index (κ2) is 7.86. The molecule has 0 aliphatic carbocycles. The summed E-state index contributed by atoms with van der Waals surface area (Å²) in [5, 5.41) is 4.76. The number of nitrogens with one attached hydrogen (secondary N) is 2. The molecule has 0 saturated carbocycles. The van der Waals surface area contributed by atoms with Crippen molar-refractivity contribution in [2.24, 2.45) is 0 Å². The largest absolute Gasteiger partial charge is 0.496 e. The van der Waals surface area contributed by atoms with Crippen LogP contribution in [-0.2, 0) is 11.2 Å². The molecule has 2 aliphatic heterocycles. The van der Waals surface area contributed by atoms with Crippen LogP contribution in [0.4, 0.5) is 10.5 Å². The fourth-order valence-corrected chi connectivity index (χ4v) is 4.27. The minimum Gasteiger partial charge on any atom is -0.496 e. The number of methoxy groups -OCH3 is 1. The number of nitrogens with zero attached hydrogens (tertiary/aromatic N) is 1. The van der Waals surface area contributed by atoms with Crippen molar-refractivity contribution in [3.05, 3.63) is 52.7 Å². The van der Waals surface area contributed by atoms with Gasteiger partial charge in [-0.2, -0.15) is 0 Å². The van der Waals surface area contributed by atoms with E-state index in [-0.39, 0.29) is 5.70 Å². The van der Waals surface area contributed by atoms with Gasteiger partial charge in [-0.1, -0.05) is 6.07 Å². The van der Waals surface area contributed by atoms with Gasteiger partial charge in [0.15, 0.2) is 0 Å². The molecule has 2 N–H and O–H groups in total. The van der Waals surface area contributed by atoms with Gasteiger partial charge in [0.25, 0.3) is 5.91 Å². The summed E-state index contributed by atoms with van der Waals surface area (Å²) in [7, 11) is 1.66. The van der Waals surface area contributed by atoms with E-state index in [1.165, 1.54) is 16.8 Å². The van der Waals surface area contributed by atoms with E-state index in [0.29, 0.717) is 6.04 Å². The quantitative estimate of drug-likeness (QED) is 0.596. The van der Waals surface area contributed by atoms with Crippen molar-refractivity contribution in [3.8, 4) is 16.9 Å². The Morgan fingerprint density at radius 1 is 1.10 bits per heavy atom. The molecule has 0 radical (unpaired) electrons. The van der Waals surface area contributed by atoms with E-state index in [0.717, 1.165) is 41.8 Å². The Morgan fingerprint density at radius 3 is 2.57 bits per heavy atom. The second-order valence-corrected chi connectivity index (χ2v) is 8.11. The first kappa shape index (κ1) is 20.0. The summed E-state index contributed by atoms with van der Waals surface area (Å²) in [6.07, 6.45) is 3.88. The van der Waals surface area contributed by atoms with Crippen molar-refractivity contribution in [3.63, 3.8) is 0 Å². The lowest BCUT2D eigenvalue weighted by Gasteiger charge is -2.35. The molecule has 6 heteroatoms. The van der Waals surface area contributed by atoms with Crippen LogP contribution in [-0.4, -0.2) is 31.6 Å².